The van der Waals surface area contributed by atoms with Crippen molar-refractivity contribution < 1.29 is 14.6 Å². The van der Waals surface area contributed by atoms with Crippen molar-refractivity contribution in [1.82, 2.24) is 4.90 Å². The molecule has 0 aromatic heterocycles. The molecule has 3 aliphatic rings. The average molecular weight is 295 g/mol. The highest BCUT2D eigenvalue weighted by molar-refractivity contribution is 5.73. The fourth-order valence-corrected chi connectivity index (χ4v) is 4.70. The van der Waals surface area contributed by atoms with Crippen molar-refractivity contribution in [3.8, 4) is 0 Å². The summed E-state index contributed by atoms with van der Waals surface area (Å²) in [5, 5.41) is 9.59. The van der Waals surface area contributed by atoms with Crippen LogP contribution in [0, 0.1) is 5.92 Å². The number of fused-ring (bicyclic) bond motifs is 1. The first-order valence-electron chi connectivity index (χ1n) is 8.63. The molecule has 0 amide bonds. The molecule has 1 saturated carbocycles. The number of carbonyl (C=O) groups is 1. The Labute approximate surface area is 127 Å². The summed E-state index contributed by atoms with van der Waals surface area (Å²) in [7, 11) is 0. The van der Waals surface area contributed by atoms with Gasteiger partial charge in [-0.3, -0.25) is 9.69 Å². The summed E-state index contributed by atoms with van der Waals surface area (Å²) >= 11 is 0. The minimum atomic E-state index is -0.642. The Balaban J connectivity index is 1.72. The predicted molar refractivity (Wildman–Crippen MR) is 81.3 cm³/mol. The molecule has 0 aromatic carbocycles. The topological polar surface area (TPSA) is 49.8 Å². The first-order chi connectivity index (χ1) is 9.96. The van der Waals surface area contributed by atoms with Crippen LogP contribution in [0.15, 0.2) is 0 Å². The Morgan fingerprint density at radius 2 is 1.95 bits per heavy atom. The summed E-state index contributed by atoms with van der Waals surface area (Å²) in [6.07, 6.45) is 9.28. The van der Waals surface area contributed by atoms with Crippen molar-refractivity contribution in [2.24, 2.45) is 5.92 Å². The van der Waals surface area contributed by atoms with Gasteiger partial charge in [0.25, 0.3) is 0 Å². The fourth-order valence-electron chi connectivity index (χ4n) is 4.70. The molecule has 0 aromatic rings. The Bertz CT molecular complexity index is 395. The van der Waals surface area contributed by atoms with Crippen LogP contribution in [-0.4, -0.2) is 46.3 Å². The molecule has 21 heavy (non-hydrogen) atoms. The number of rotatable bonds is 3. The van der Waals surface area contributed by atoms with Crippen LogP contribution >= 0.6 is 0 Å². The Kier molecular flexibility index (Phi) is 4.28. The van der Waals surface area contributed by atoms with Gasteiger partial charge < -0.3 is 9.84 Å². The lowest BCUT2D eigenvalue weighted by atomic mass is 9.76. The van der Waals surface area contributed by atoms with Gasteiger partial charge in [-0.25, -0.2) is 0 Å². The Morgan fingerprint density at radius 3 is 2.62 bits per heavy atom. The van der Waals surface area contributed by atoms with Gasteiger partial charge in [0.15, 0.2) is 0 Å². The van der Waals surface area contributed by atoms with Gasteiger partial charge in [0.05, 0.1) is 11.7 Å². The molecule has 3 fully saturated rings. The number of piperidine rings is 1. The van der Waals surface area contributed by atoms with Crippen LogP contribution in [0.4, 0.5) is 0 Å². The van der Waals surface area contributed by atoms with Gasteiger partial charge in [0.2, 0.25) is 0 Å². The number of carboxylic acids is 1. The molecule has 4 unspecified atom stereocenters. The zero-order valence-electron chi connectivity index (χ0n) is 13.4. The second-order valence-electron chi connectivity index (χ2n) is 7.78. The van der Waals surface area contributed by atoms with Crippen LogP contribution in [0.2, 0.25) is 0 Å². The maximum atomic E-state index is 11.7. The predicted octanol–water partition coefficient (Wildman–Crippen LogP) is 3.05. The van der Waals surface area contributed by atoms with E-state index in [2.05, 4.69) is 18.7 Å². The molecule has 2 aliphatic heterocycles. The van der Waals surface area contributed by atoms with Gasteiger partial charge in [-0.1, -0.05) is 12.8 Å². The SMILES string of the molecule is CC1(C)CCC(CN2C(C(=O)O)CCC3CCCCC32)O1. The van der Waals surface area contributed by atoms with E-state index in [1.165, 1.54) is 25.7 Å². The van der Waals surface area contributed by atoms with E-state index in [9.17, 15) is 9.90 Å². The lowest BCUT2D eigenvalue weighted by Gasteiger charge is -2.48. The van der Waals surface area contributed by atoms with E-state index in [1.807, 2.05) is 0 Å². The van der Waals surface area contributed by atoms with Gasteiger partial charge >= 0.3 is 5.97 Å². The van der Waals surface area contributed by atoms with E-state index in [4.69, 9.17) is 4.74 Å². The highest BCUT2D eigenvalue weighted by atomic mass is 16.5. The van der Waals surface area contributed by atoms with E-state index < -0.39 is 5.97 Å². The van der Waals surface area contributed by atoms with Crippen molar-refractivity contribution in [2.45, 2.75) is 89.0 Å². The number of likely N-dealkylation sites (tertiary alicyclic amines) is 1. The first kappa shape index (κ1) is 15.3. The molecule has 3 rings (SSSR count). The molecule has 1 aliphatic carbocycles. The second-order valence-corrected chi connectivity index (χ2v) is 7.78. The molecule has 0 radical (unpaired) electrons. The minimum absolute atomic E-state index is 0.0366. The molecule has 2 heterocycles. The van der Waals surface area contributed by atoms with Crippen LogP contribution in [0.1, 0.15) is 65.2 Å². The van der Waals surface area contributed by atoms with Gasteiger partial charge in [-0.05, 0) is 58.3 Å². The highest BCUT2D eigenvalue weighted by Gasteiger charge is 2.43. The summed E-state index contributed by atoms with van der Waals surface area (Å²) in [6, 6.07) is 0.178. The van der Waals surface area contributed by atoms with E-state index in [0.717, 1.165) is 32.2 Å². The maximum absolute atomic E-state index is 11.7. The van der Waals surface area contributed by atoms with Crippen LogP contribution < -0.4 is 0 Å². The number of ether oxygens (including phenoxy) is 1. The number of carboxylic acid groups (broad SMARTS) is 1. The third kappa shape index (κ3) is 3.26. The van der Waals surface area contributed by atoms with Crippen LogP contribution in [0.25, 0.3) is 0 Å². The smallest absolute Gasteiger partial charge is 0.320 e. The standard InChI is InChI=1S/C17H29NO3/c1-17(2)10-9-13(21-17)11-18-14-6-4-3-5-12(14)7-8-15(18)16(19)20/h12-15H,3-11H2,1-2H3,(H,19,20). The highest BCUT2D eigenvalue weighted by Crippen LogP contribution is 2.39. The molecule has 4 atom stereocenters. The molecule has 0 spiro atoms. The van der Waals surface area contributed by atoms with Crippen molar-refractivity contribution >= 4 is 5.97 Å². The van der Waals surface area contributed by atoms with Crippen molar-refractivity contribution in [3.05, 3.63) is 0 Å². The molecular weight excluding hydrogens is 266 g/mol. The number of hydrogen-bond acceptors (Lipinski definition) is 3. The fraction of sp³-hybridized carbons (Fsp3) is 0.941. The lowest BCUT2D eigenvalue weighted by molar-refractivity contribution is -0.150. The number of hydrogen-bond donors (Lipinski definition) is 1. The van der Waals surface area contributed by atoms with E-state index >= 15 is 0 Å². The van der Waals surface area contributed by atoms with Crippen molar-refractivity contribution in [3.63, 3.8) is 0 Å². The van der Waals surface area contributed by atoms with E-state index in [0.29, 0.717) is 12.0 Å². The summed E-state index contributed by atoms with van der Waals surface area (Å²) in [5.74, 6) is 0.0695. The molecule has 4 heteroatoms. The zero-order valence-corrected chi connectivity index (χ0v) is 13.4. The molecule has 2 saturated heterocycles. The quantitative estimate of drug-likeness (QED) is 0.869. The Morgan fingerprint density at radius 1 is 1.19 bits per heavy atom. The summed E-state index contributed by atoms with van der Waals surface area (Å²) in [4.78, 5) is 14.0. The summed E-state index contributed by atoms with van der Waals surface area (Å²) < 4.78 is 6.12. The van der Waals surface area contributed by atoms with Crippen LogP contribution in [0.5, 0.6) is 0 Å². The van der Waals surface area contributed by atoms with Gasteiger partial charge in [-0.15, -0.1) is 0 Å². The molecule has 4 nitrogen and oxygen atoms in total. The van der Waals surface area contributed by atoms with E-state index in [-0.39, 0.29) is 17.7 Å². The normalized spacial score (nSPS) is 39.9. The third-order valence-electron chi connectivity index (χ3n) is 5.76. The number of aliphatic carboxylic acids is 1. The average Bonchev–Trinajstić information content (AvgIpc) is 2.78. The van der Waals surface area contributed by atoms with Crippen molar-refractivity contribution in [1.29, 1.82) is 0 Å². The zero-order chi connectivity index (χ0) is 15.0. The monoisotopic (exact) mass is 295 g/mol. The lowest BCUT2D eigenvalue weighted by Crippen LogP contribution is -2.57. The maximum Gasteiger partial charge on any atom is 0.320 e. The molecule has 120 valence electrons. The van der Waals surface area contributed by atoms with Crippen molar-refractivity contribution in [2.75, 3.05) is 6.54 Å². The van der Waals surface area contributed by atoms with Gasteiger partial charge in [0, 0.05) is 12.6 Å². The summed E-state index contributed by atoms with van der Waals surface area (Å²) in [6.45, 7) is 5.09. The van der Waals surface area contributed by atoms with Crippen LogP contribution in [-0.2, 0) is 9.53 Å². The van der Waals surface area contributed by atoms with Gasteiger partial charge in [0.1, 0.15) is 6.04 Å². The minimum Gasteiger partial charge on any atom is -0.480 e. The molecule has 1 N–H and O–H groups in total. The molecular formula is C17H29NO3. The second kappa shape index (κ2) is 5.88. The van der Waals surface area contributed by atoms with Crippen LogP contribution in [0.3, 0.4) is 0 Å². The van der Waals surface area contributed by atoms with E-state index in [1.54, 1.807) is 0 Å². The largest absolute Gasteiger partial charge is 0.480 e. The molecule has 0 bridgehead atoms. The number of nitrogens with zero attached hydrogens (tertiary/aromatic N) is 1. The first-order valence-corrected chi connectivity index (χ1v) is 8.63. The van der Waals surface area contributed by atoms with Gasteiger partial charge in [-0.2, -0.15) is 0 Å². The Hall–Kier alpha value is -0.610. The summed E-state index contributed by atoms with van der Waals surface area (Å²) in [5.41, 5.74) is -0.0366. The third-order valence-corrected chi connectivity index (χ3v) is 5.76.